The van der Waals surface area contributed by atoms with Crippen molar-refractivity contribution >= 4 is 28.1 Å². The monoisotopic (exact) mass is 444 g/mol. The van der Waals surface area contributed by atoms with Crippen molar-refractivity contribution in [3.05, 3.63) is 57.6 Å². The molecular weight excluding hydrogens is 429 g/mol. The van der Waals surface area contributed by atoms with Gasteiger partial charge in [0, 0.05) is 0 Å². The van der Waals surface area contributed by atoms with E-state index in [1.165, 1.54) is 24.4 Å². The quantitative estimate of drug-likeness (QED) is 0.516. The largest absolute Gasteiger partial charge is 0.503 e. The number of halogens is 4. The van der Waals surface area contributed by atoms with Gasteiger partial charge in [0.05, 0.1) is 29.3 Å². The number of nitrogens with zero attached hydrogens (tertiary/aromatic N) is 1. The molecule has 0 fully saturated rings. The zero-order valence-corrected chi connectivity index (χ0v) is 15.8. The van der Waals surface area contributed by atoms with Gasteiger partial charge < -0.3 is 9.84 Å². The Hall–Kier alpha value is -2.55. The third kappa shape index (κ3) is 5.99. The highest BCUT2D eigenvalue weighted by molar-refractivity contribution is 9.10. The second kappa shape index (κ2) is 8.90. The summed E-state index contributed by atoms with van der Waals surface area (Å²) >= 11 is 3.18. The van der Waals surface area contributed by atoms with Crippen LogP contribution in [-0.2, 0) is 17.4 Å². The van der Waals surface area contributed by atoms with Crippen LogP contribution in [0.1, 0.15) is 23.6 Å². The first-order valence-electron chi connectivity index (χ1n) is 7.84. The second-order valence-corrected chi connectivity index (χ2v) is 6.30. The Balaban J connectivity index is 2.02. The molecule has 0 atom stereocenters. The molecule has 2 rings (SSSR count). The van der Waals surface area contributed by atoms with Crippen molar-refractivity contribution in [2.24, 2.45) is 5.10 Å². The van der Waals surface area contributed by atoms with E-state index >= 15 is 0 Å². The van der Waals surface area contributed by atoms with Crippen molar-refractivity contribution in [2.45, 2.75) is 19.5 Å². The Kier molecular flexibility index (Phi) is 6.84. The minimum Gasteiger partial charge on any atom is -0.503 e. The minimum atomic E-state index is -4.46. The van der Waals surface area contributed by atoms with Crippen molar-refractivity contribution in [1.29, 1.82) is 0 Å². The maximum absolute atomic E-state index is 12.7. The first-order valence-corrected chi connectivity index (χ1v) is 8.63. The van der Waals surface area contributed by atoms with Gasteiger partial charge in [-0.1, -0.05) is 18.2 Å². The van der Waals surface area contributed by atoms with Gasteiger partial charge in [-0.3, -0.25) is 4.79 Å². The van der Waals surface area contributed by atoms with Crippen LogP contribution in [0.5, 0.6) is 11.5 Å². The van der Waals surface area contributed by atoms with Crippen molar-refractivity contribution in [1.82, 2.24) is 5.43 Å². The fraction of sp³-hybridized carbons (Fsp3) is 0.222. The lowest BCUT2D eigenvalue weighted by molar-refractivity contribution is -0.137. The van der Waals surface area contributed by atoms with Crippen molar-refractivity contribution in [3.8, 4) is 11.5 Å². The van der Waals surface area contributed by atoms with Crippen LogP contribution in [0.3, 0.4) is 0 Å². The predicted molar refractivity (Wildman–Crippen MR) is 97.9 cm³/mol. The van der Waals surface area contributed by atoms with E-state index in [1.54, 1.807) is 13.0 Å². The average molecular weight is 445 g/mol. The molecule has 0 aromatic heterocycles. The molecule has 0 aliphatic carbocycles. The van der Waals surface area contributed by atoms with Crippen LogP contribution in [-0.4, -0.2) is 23.8 Å². The molecule has 0 aliphatic heterocycles. The number of hydrogen-bond donors (Lipinski definition) is 2. The Morgan fingerprint density at radius 3 is 2.74 bits per heavy atom. The number of carbonyl (C=O) groups is 1. The van der Waals surface area contributed by atoms with E-state index in [0.717, 1.165) is 12.1 Å². The van der Waals surface area contributed by atoms with Crippen LogP contribution in [0.15, 0.2) is 46.0 Å². The molecule has 5 nitrogen and oxygen atoms in total. The number of aromatic hydroxyl groups is 1. The summed E-state index contributed by atoms with van der Waals surface area (Å²) in [5, 5.41) is 13.6. The van der Waals surface area contributed by atoms with Crippen LogP contribution in [0.25, 0.3) is 0 Å². The van der Waals surface area contributed by atoms with E-state index in [9.17, 15) is 23.1 Å². The van der Waals surface area contributed by atoms with Gasteiger partial charge in [0.2, 0.25) is 5.91 Å². The molecule has 0 saturated heterocycles. The summed E-state index contributed by atoms with van der Waals surface area (Å²) in [6.07, 6.45) is -3.38. The summed E-state index contributed by atoms with van der Waals surface area (Å²) < 4.78 is 43.7. The van der Waals surface area contributed by atoms with E-state index < -0.39 is 17.6 Å². The summed E-state index contributed by atoms with van der Waals surface area (Å²) in [4.78, 5) is 11.9. The first-order chi connectivity index (χ1) is 12.7. The Morgan fingerprint density at radius 2 is 2.07 bits per heavy atom. The van der Waals surface area contributed by atoms with Crippen LogP contribution in [0, 0.1) is 0 Å². The predicted octanol–water partition coefficient (Wildman–Crippen LogP) is 4.27. The standard InChI is InChI=1S/C18H16BrF3N2O3/c1-2-27-15-8-12(7-14(19)17(15)26)10-23-24-16(25)9-11-4-3-5-13(6-11)18(20,21)22/h3-8,10,26H,2,9H2,1H3,(H,24,25)/b23-10-. The number of carbonyl (C=O) groups excluding carboxylic acids is 1. The summed E-state index contributed by atoms with van der Waals surface area (Å²) in [7, 11) is 0. The lowest BCUT2D eigenvalue weighted by Gasteiger charge is -2.09. The highest BCUT2D eigenvalue weighted by Crippen LogP contribution is 2.35. The molecule has 2 aromatic rings. The third-order valence-corrected chi connectivity index (χ3v) is 3.98. The molecule has 144 valence electrons. The number of hydrogen-bond acceptors (Lipinski definition) is 4. The van der Waals surface area contributed by atoms with E-state index in [2.05, 4.69) is 26.5 Å². The Labute approximate surface area is 162 Å². The summed E-state index contributed by atoms with van der Waals surface area (Å²) in [5.41, 5.74) is 2.21. The topological polar surface area (TPSA) is 70.9 Å². The molecule has 27 heavy (non-hydrogen) atoms. The number of nitrogens with one attached hydrogen (secondary N) is 1. The zero-order chi connectivity index (χ0) is 20.0. The molecule has 9 heteroatoms. The molecular formula is C18H16BrF3N2O3. The lowest BCUT2D eigenvalue weighted by Crippen LogP contribution is -2.20. The maximum atomic E-state index is 12.7. The number of phenols is 1. The normalized spacial score (nSPS) is 11.6. The van der Waals surface area contributed by atoms with Gasteiger partial charge in [0.25, 0.3) is 0 Å². The molecule has 0 heterocycles. The maximum Gasteiger partial charge on any atom is 0.416 e. The van der Waals surface area contributed by atoms with E-state index in [4.69, 9.17) is 4.74 Å². The second-order valence-electron chi connectivity index (χ2n) is 5.45. The molecule has 0 bridgehead atoms. The van der Waals surface area contributed by atoms with Gasteiger partial charge in [0.1, 0.15) is 0 Å². The van der Waals surface area contributed by atoms with Gasteiger partial charge in [-0.05, 0) is 52.2 Å². The van der Waals surface area contributed by atoms with Crippen molar-refractivity contribution < 1.29 is 27.8 Å². The van der Waals surface area contributed by atoms with Crippen LogP contribution >= 0.6 is 15.9 Å². The van der Waals surface area contributed by atoms with E-state index in [-0.39, 0.29) is 23.5 Å². The fourth-order valence-electron chi connectivity index (χ4n) is 2.20. The third-order valence-electron chi connectivity index (χ3n) is 3.37. The van der Waals surface area contributed by atoms with Gasteiger partial charge >= 0.3 is 6.18 Å². The molecule has 0 aliphatic rings. The molecule has 1 amide bonds. The fourth-order valence-corrected chi connectivity index (χ4v) is 2.65. The number of amides is 1. The van der Waals surface area contributed by atoms with Gasteiger partial charge in [-0.2, -0.15) is 18.3 Å². The average Bonchev–Trinajstić information content (AvgIpc) is 2.59. The lowest BCUT2D eigenvalue weighted by atomic mass is 10.1. The Morgan fingerprint density at radius 1 is 1.33 bits per heavy atom. The molecule has 0 spiro atoms. The van der Waals surface area contributed by atoms with E-state index in [1.807, 2.05) is 0 Å². The number of benzene rings is 2. The van der Waals surface area contributed by atoms with Crippen LogP contribution in [0.2, 0.25) is 0 Å². The highest BCUT2D eigenvalue weighted by Gasteiger charge is 2.30. The molecule has 2 aromatic carbocycles. The number of alkyl halides is 3. The van der Waals surface area contributed by atoms with Gasteiger partial charge in [0.15, 0.2) is 11.5 Å². The van der Waals surface area contributed by atoms with Crippen LogP contribution in [0.4, 0.5) is 13.2 Å². The summed E-state index contributed by atoms with van der Waals surface area (Å²) in [6.45, 7) is 2.12. The van der Waals surface area contributed by atoms with Gasteiger partial charge in [-0.25, -0.2) is 5.43 Å². The molecule has 0 unspecified atom stereocenters. The minimum absolute atomic E-state index is 0.0532. The SMILES string of the molecule is CCOc1cc(/C=N\NC(=O)Cc2cccc(C(F)(F)F)c2)cc(Br)c1O. The summed E-state index contributed by atoms with van der Waals surface area (Å²) in [6, 6.07) is 7.65. The number of ether oxygens (including phenoxy) is 1. The van der Waals surface area contributed by atoms with E-state index in [0.29, 0.717) is 16.6 Å². The van der Waals surface area contributed by atoms with Crippen LogP contribution < -0.4 is 10.2 Å². The Bertz CT molecular complexity index is 854. The number of phenolic OH excluding ortho intramolecular Hbond substituents is 1. The van der Waals surface area contributed by atoms with Crippen molar-refractivity contribution in [3.63, 3.8) is 0 Å². The molecule has 0 saturated carbocycles. The number of rotatable bonds is 6. The molecule has 2 N–H and O–H groups in total. The smallest absolute Gasteiger partial charge is 0.416 e. The molecule has 0 radical (unpaired) electrons. The van der Waals surface area contributed by atoms with Gasteiger partial charge in [-0.15, -0.1) is 0 Å². The summed E-state index contributed by atoms with van der Waals surface area (Å²) in [5.74, 6) is -0.361. The number of hydrazone groups is 1. The highest BCUT2D eigenvalue weighted by atomic mass is 79.9. The first kappa shape index (κ1) is 20.8. The zero-order valence-electron chi connectivity index (χ0n) is 14.2. The van der Waals surface area contributed by atoms with Crippen molar-refractivity contribution in [2.75, 3.05) is 6.61 Å².